The normalized spacial score (nSPS) is 10.9. The van der Waals surface area contributed by atoms with Gasteiger partial charge in [0.15, 0.2) is 0 Å². The van der Waals surface area contributed by atoms with Crippen LogP contribution in [-0.2, 0) is 0 Å². The Morgan fingerprint density at radius 2 is 0.396 bits per heavy atom. The zero-order chi connectivity index (χ0) is 38.7. The van der Waals surface area contributed by atoms with E-state index in [-0.39, 0.29) is 69.0 Å². The summed E-state index contributed by atoms with van der Waals surface area (Å²) in [6, 6.07) is 12.6. The van der Waals surface area contributed by atoms with Crippen LogP contribution >= 0.6 is 8.17 Å². The number of hydrogen-bond donors (Lipinski definition) is 0. The van der Waals surface area contributed by atoms with Crippen LogP contribution in [0.15, 0.2) is 48.5 Å². The Hall–Kier alpha value is -5.89. The Labute approximate surface area is 308 Å². The summed E-state index contributed by atoms with van der Waals surface area (Å²) in [5.74, 6) is 2.83. The second-order valence-corrected chi connectivity index (χ2v) is 12.2. The van der Waals surface area contributed by atoms with E-state index in [2.05, 4.69) is 0 Å². The van der Waals surface area contributed by atoms with Gasteiger partial charge in [-0.05, 0) is 0 Å². The molecule has 0 aliphatic heterocycles. The summed E-state index contributed by atoms with van der Waals surface area (Å²) in [7, 11) is 12.4. The molecule has 4 aromatic rings. The molecule has 16 nitrogen and oxygen atoms in total. The van der Waals surface area contributed by atoms with E-state index in [0.29, 0.717) is 23.0 Å². The fourth-order valence-electron chi connectivity index (χ4n) is 4.92. The third-order valence-corrected chi connectivity index (χ3v) is 9.40. The maximum absolute atomic E-state index is 6.86. The van der Waals surface area contributed by atoms with Gasteiger partial charge in [0.25, 0.3) is 0 Å². The van der Waals surface area contributed by atoms with Crippen molar-refractivity contribution in [1.82, 2.24) is 0 Å². The molecule has 0 fully saturated rings. The summed E-state index contributed by atoms with van der Waals surface area (Å²) in [5, 5.41) is 0. The van der Waals surface area contributed by atoms with Crippen molar-refractivity contribution in [2.24, 2.45) is 0 Å². The van der Waals surface area contributed by atoms with Crippen LogP contribution in [0.1, 0.15) is 0 Å². The SMILES string of the molecule is COc1cc(OC)c(O[PH](Oc2c(OC)cc(OC)cc2OC)(Oc2c(OC)cc(OC)cc2OC)Oc2c(OC)cc(OC)cc2OC)c(OC)c1. The van der Waals surface area contributed by atoms with E-state index in [1.165, 1.54) is 85.3 Å². The van der Waals surface area contributed by atoms with Crippen molar-refractivity contribution in [2.45, 2.75) is 0 Å². The number of ether oxygens (including phenoxy) is 12. The van der Waals surface area contributed by atoms with Gasteiger partial charge >= 0.3 is 309 Å². The molecule has 0 N–H and O–H groups in total. The molecular formula is C36H45O16P. The molecule has 0 amide bonds. The van der Waals surface area contributed by atoms with E-state index in [0.717, 1.165) is 0 Å². The second kappa shape index (κ2) is 18.0. The van der Waals surface area contributed by atoms with E-state index in [9.17, 15) is 0 Å². The first-order valence-corrected chi connectivity index (χ1v) is 17.2. The van der Waals surface area contributed by atoms with E-state index in [1.54, 1.807) is 48.5 Å². The van der Waals surface area contributed by atoms with Crippen molar-refractivity contribution < 1.29 is 74.9 Å². The molecule has 53 heavy (non-hydrogen) atoms. The summed E-state index contributed by atoms with van der Waals surface area (Å²) in [6.45, 7) is 0. The predicted molar refractivity (Wildman–Crippen MR) is 195 cm³/mol. The van der Waals surface area contributed by atoms with Gasteiger partial charge < -0.3 is 0 Å². The minimum atomic E-state index is -5.05. The predicted octanol–water partition coefficient (Wildman–Crippen LogP) is 6.82. The molecule has 0 heterocycles. The summed E-state index contributed by atoms with van der Waals surface area (Å²) in [6.07, 6.45) is 0. The molecule has 0 radical (unpaired) electrons. The Balaban J connectivity index is 2.19. The first-order chi connectivity index (χ1) is 25.6. The van der Waals surface area contributed by atoms with Gasteiger partial charge in [-0.25, -0.2) is 0 Å². The van der Waals surface area contributed by atoms with E-state index < -0.39 is 8.17 Å². The molecule has 4 aromatic carbocycles. The fraction of sp³-hybridized carbons (Fsp3) is 0.333. The molecule has 0 spiro atoms. The summed E-state index contributed by atoms with van der Waals surface area (Å²) >= 11 is 0. The average molecular weight is 765 g/mol. The topological polar surface area (TPSA) is 148 Å². The third-order valence-electron chi connectivity index (χ3n) is 7.59. The van der Waals surface area contributed by atoms with E-state index in [1.807, 2.05) is 0 Å². The van der Waals surface area contributed by atoms with Crippen LogP contribution in [0.4, 0.5) is 0 Å². The first kappa shape index (κ1) is 39.9. The molecule has 17 heteroatoms. The van der Waals surface area contributed by atoms with Gasteiger partial charge in [0.2, 0.25) is 0 Å². The van der Waals surface area contributed by atoms with Crippen LogP contribution in [0, 0.1) is 0 Å². The first-order valence-electron chi connectivity index (χ1n) is 15.6. The van der Waals surface area contributed by atoms with Gasteiger partial charge in [-0.3, -0.25) is 0 Å². The Kier molecular flexibility index (Phi) is 13.6. The quantitative estimate of drug-likeness (QED) is 0.0867. The number of methoxy groups -OCH3 is 12. The van der Waals surface area contributed by atoms with Crippen LogP contribution in [0.25, 0.3) is 0 Å². The maximum atomic E-state index is 6.86. The summed E-state index contributed by atoms with van der Waals surface area (Å²) < 4.78 is 95.5. The van der Waals surface area contributed by atoms with Crippen LogP contribution in [-0.4, -0.2) is 85.3 Å². The van der Waals surface area contributed by atoms with Crippen LogP contribution in [0.2, 0.25) is 0 Å². The molecule has 4 rings (SSSR count). The van der Waals surface area contributed by atoms with Gasteiger partial charge in [-0.15, -0.1) is 0 Å². The van der Waals surface area contributed by atoms with Gasteiger partial charge in [-0.1, -0.05) is 0 Å². The number of benzene rings is 4. The average Bonchev–Trinajstić information content (AvgIpc) is 3.20. The number of hydrogen-bond acceptors (Lipinski definition) is 16. The molecule has 0 unspecified atom stereocenters. The summed E-state index contributed by atoms with van der Waals surface area (Å²) in [4.78, 5) is 0. The fourth-order valence-corrected chi connectivity index (χ4v) is 6.98. The molecule has 0 bridgehead atoms. The molecule has 0 aliphatic rings. The zero-order valence-corrected chi connectivity index (χ0v) is 32.7. The molecular weight excluding hydrogens is 719 g/mol. The standard InChI is InChI=1S/C36H45O16P/c1-37-21-13-25(41-5)33(26(14-21)42-6)49-53(50-34-27(43-7)15-22(38-2)16-28(34)44-8,51-35-29(45-9)17-23(39-3)18-30(35)46-10)52-36-31(47-11)19-24(40-4)20-32(36)48-12/h13-20,53H,1-12H3. The minimum absolute atomic E-state index is 0.00759. The Morgan fingerprint density at radius 1 is 0.245 bits per heavy atom. The van der Waals surface area contributed by atoms with Crippen LogP contribution < -0.4 is 74.9 Å². The Bertz CT molecular complexity index is 1480. The zero-order valence-electron chi connectivity index (χ0n) is 31.7. The van der Waals surface area contributed by atoms with Gasteiger partial charge in [0, 0.05) is 0 Å². The van der Waals surface area contributed by atoms with Crippen LogP contribution in [0.5, 0.6) is 92.0 Å². The van der Waals surface area contributed by atoms with Crippen molar-refractivity contribution in [1.29, 1.82) is 0 Å². The van der Waals surface area contributed by atoms with Gasteiger partial charge in [0.05, 0.1) is 0 Å². The van der Waals surface area contributed by atoms with Crippen LogP contribution in [0.3, 0.4) is 0 Å². The van der Waals surface area contributed by atoms with Crippen molar-refractivity contribution in [3.63, 3.8) is 0 Å². The third kappa shape index (κ3) is 8.60. The van der Waals surface area contributed by atoms with Crippen molar-refractivity contribution >= 4 is 8.17 Å². The molecule has 290 valence electrons. The number of rotatable bonds is 20. The molecule has 0 saturated heterocycles. The molecule has 0 saturated carbocycles. The second-order valence-electron chi connectivity index (χ2n) is 10.4. The van der Waals surface area contributed by atoms with Gasteiger partial charge in [0.1, 0.15) is 0 Å². The van der Waals surface area contributed by atoms with Crippen molar-refractivity contribution in [2.75, 3.05) is 85.3 Å². The Morgan fingerprint density at radius 3 is 0.509 bits per heavy atom. The monoisotopic (exact) mass is 764 g/mol. The van der Waals surface area contributed by atoms with Gasteiger partial charge in [-0.2, -0.15) is 0 Å². The van der Waals surface area contributed by atoms with E-state index >= 15 is 0 Å². The van der Waals surface area contributed by atoms with Crippen molar-refractivity contribution in [3.05, 3.63) is 48.5 Å². The van der Waals surface area contributed by atoms with Crippen molar-refractivity contribution in [3.8, 4) is 92.0 Å². The van der Waals surface area contributed by atoms with E-state index in [4.69, 9.17) is 74.9 Å². The molecule has 0 aliphatic carbocycles. The summed E-state index contributed by atoms with van der Waals surface area (Å²) in [5.41, 5.74) is 0. The molecule has 0 atom stereocenters. The molecule has 0 aromatic heterocycles.